The summed E-state index contributed by atoms with van der Waals surface area (Å²) in [5.41, 5.74) is 0. The van der Waals surface area contributed by atoms with Gasteiger partial charge in [0.2, 0.25) is 5.91 Å². The fourth-order valence-electron chi connectivity index (χ4n) is 1.27. The Morgan fingerprint density at radius 1 is 1.42 bits per heavy atom. The van der Waals surface area contributed by atoms with E-state index in [9.17, 15) is 9.59 Å². The zero-order valence-corrected chi connectivity index (χ0v) is 11.6. The van der Waals surface area contributed by atoms with Crippen LogP contribution in [-0.4, -0.2) is 41.3 Å². The van der Waals surface area contributed by atoms with Crippen molar-refractivity contribution in [1.29, 1.82) is 0 Å². The van der Waals surface area contributed by atoms with Crippen molar-refractivity contribution in [2.75, 3.05) is 13.2 Å². The summed E-state index contributed by atoms with van der Waals surface area (Å²) < 4.78 is 6.19. The normalized spacial score (nSPS) is 11.7. The minimum Gasteiger partial charge on any atom is -0.493 e. The number of halogens is 1. The number of rotatable bonds is 7. The van der Waals surface area contributed by atoms with Crippen LogP contribution in [-0.2, 0) is 9.59 Å². The van der Waals surface area contributed by atoms with Crippen LogP contribution in [0.25, 0.3) is 0 Å². The molecule has 1 atom stereocenters. The smallest absolute Gasteiger partial charge is 0.328 e. The average molecular weight is 332 g/mol. The summed E-state index contributed by atoms with van der Waals surface area (Å²) in [6.45, 7) is -0.520. The number of carboxylic acid groups (broad SMARTS) is 1. The monoisotopic (exact) mass is 331 g/mol. The van der Waals surface area contributed by atoms with Gasteiger partial charge < -0.3 is 20.3 Å². The highest BCUT2D eigenvalue weighted by Crippen LogP contribution is 2.17. The molecular weight excluding hydrogens is 318 g/mol. The number of aliphatic hydroxyl groups excluding tert-OH is 1. The van der Waals surface area contributed by atoms with E-state index in [1.807, 2.05) is 6.07 Å². The second kappa shape index (κ2) is 7.75. The highest BCUT2D eigenvalue weighted by Gasteiger charge is 2.18. The molecule has 1 aromatic carbocycles. The van der Waals surface area contributed by atoms with Crippen molar-refractivity contribution >= 4 is 27.8 Å². The fraction of sp³-hybridized carbons (Fsp3) is 0.333. The standard InChI is InChI=1S/C12H14BrNO5/c13-8-2-1-3-9(6-8)19-5-4-11(16)14-10(7-15)12(17)18/h1-3,6,10,15H,4-5,7H2,(H,14,16)(H,17,18)/t10-/m1/s1. The number of carbonyl (C=O) groups is 2. The minimum absolute atomic E-state index is 0.0102. The van der Waals surface area contributed by atoms with E-state index in [0.717, 1.165) is 4.47 Å². The number of carboxylic acids is 1. The van der Waals surface area contributed by atoms with Gasteiger partial charge in [-0.25, -0.2) is 4.79 Å². The Hall–Kier alpha value is -1.60. The van der Waals surface area contributed by atoms with E-state index >= 15 is 0 Å². The molecule has 0 aliphatic heterocycles. The Kier molecular flexibility index (Phi) is 6.31. The van der Waals surface area contributed by atoms with Crippen LogP contribution in [0.4, 0.5) is 0 Å². The molecule has 3 N–H and O–H groups in total. The van der Waals surface area contributed by atoms with E-state index in [1.54, 1.807) is 18.2 Å². The first-order valence-corrected chi connectivity index (χ1v) is 6.33. The second-order valence-corrected chi connectivity index (χ2v) is 4.61. The van der Waals surface area contributed by atoms with Gasteiger partial charge >= 0.3 is 5.97 Å². The van der Waals surface area contributed by atoms with E-state index in [-0.39, 0.29) is 13.0 Å². The van der Waals surface area contributed by atoms with E-state index in [1.165, 1.54) is 0 Å². The number of amides is 1. The van der Waals surface area contributed by atoms with Crippen molar-refractivity contribution in [3.8, 4) is 5.75 Å². The van der Waals surface area contributed by atoms with Gasteiger partial charge in [-0.3, -0.25) is 4.79 Å². The Morgan fingerprint density at radius 3 is 2.74 bits per heavy atom. The molecule has 1 aromatic rings. The molecule has 0 aliphatic rings. The molecule has 0 fully saturated rings. The van der Waals surface area contributed by atoms with E-state index in [0.29, 0.717) is 5.75 Å². The van der Waals surface area contributed by atoms with Crippen molar-refractivity contribution in [3.63, 3.8) is 0 Å². The largest absolute Gasteiger partial charge is 0.493 e. The van der Waals surface area contributed by atoms with Crippen LogP contribution in [0.5, 0.6) is 5.75 Å². The highest BCUT2D eigenvalue weighted by atomic mass is 79.9. The lowest BCUT2D eigenvalue weighted by Gasteiger charge is -2.12. The first kappa shape index (κ1) is 15.5. The number of carbonyl (C=O) groups excluding carboxylic acids is 1. The summed E-state index contributed by atoms with van der Waals surface area (Å²) >= 11 is 3.29. The van der Waals surface area contributed by atoms with E-state index in [4.69, 9.17) is 14.9 Å². The van der Waals surface area contributed by atoms with Crippen molar-refractivity contribution in [2.24, 2.45) is 0 Å². The summed E-state index contributed by atoms with van der Waals surface area (Å²) in [5.74, 6) is -1.15. The molecule has 6 nitrogen and oxygen atoms in total. The van der Waals surface area contributed by atoms with Crippen LogP contribution < -0.4 is 10.1 Å². The number of hydrogen-bond acceptors (Lipinski definition) is 4. The molecule has 0 bridgehead atoms. The van der Waals surface area contributed by atoms with Crippen molar-refractivity contribution in [2.45, 2.75) is 12.5 Å². The lowest BCUT2D eigenvalue weighted by Crippen LogP contribution is -2.43. The third-order valence-corrected chi connectivity index (χ3v) is 2.70. The summed E-state index contributed by atoms with van der Waals surface area (Å²) in [4.78, 5) is 22.0. The van der Waals surface area contributed by atoms with Gasteiger partial charge in [-0.15, -0.1) is 0 Å². The first-order chi connectivity index (χ1) is 9.02. The summed E-state index contributed by atoms with van der Waals surface area (Å²) in [6, 6.07) is 5.87. The third-order valence-electron chi connectivity index (χ3n) is 2.21. The van der Waals surface area contributed by atoms with Crippen LogP contribution in [0, 0.1) is 0 Å². The zero-order chi connectivity index (χ0) is 14.3. The number of benzene rings is 1. The molecule has 7 heteroatoms. The predicted molar refractivity (Wildman–Crippen MR) is 70.9 cm³/mol. The lowest BCUT2D eigenvalue weighted by molar-refractivity contribution is -0.143. The van der Waals surface area contributed by atoms with Crippen molar-refractivity contribution in [3.05, 3.63) is 28.7 Å². The minimum atomic E-state index is -1.28. The molecule has 0 saturated heterocycles. The van der Waals surface area contributed by atoms with Gasteiger partial charge in [0, 0.05) is 4.47 Å². The maximum atomic E-state index is 11.4. The molecule has 104 valence electrons. The van der Waals surface area contributed by atoms with Gasteiger partial charge in [0.1, 0.15) is 11.8 Å². The summed E-state index contributed by atoms with van der Waals surface area (Å²) in [7, 11) is 0. The molecule has 0 radical (unpaired) electrons. The SMILES string of the molecule is O=C(CCOc1cccc(Br)c1)N[C@H](CO)C(=O)O. The zero-order valence-electron chi connectivity index (χ0n) is 10.0. The van der Waals surface area contributed by atoms with E-state index < -0.39 is 24.5 Å². The van der Waals surface area contributed by atoms with Gasteiger partial charge in [-0.05, 0) is 18.2 Å². The number of hydrogen-bond donors (Lipinski definition) is 3. The third kappa shape index (κ3) is 5.71. The van der Waals surface area contributed by atoms with Crippen LogP contribution in [0.2, 0.25) is 0 Å². The van der Waals surface area contributed by atoms with Gasteiger partial charge in [0.25, 0.3) is 0 Å². The topological polar surface area (TPSA) is 95.9 Å². The van der Waals surface area contributed by atoms with Crippen molar-refractivity contribution < 1.29 is 24.5 Å². The van der Waals surface area contributed by atoms with Crippen LogP contribution >= 0.6 is 15.9 Å². The quantitative estimate of drug-likeness (QED) is 0.686. The predicted octanol–water partition coefficient (Wildman–Crippen LogP) is 0.780. The molecule has 1 rings (SSSR count). The van der Waals surface area contributed by atoms with Gasteiger partial charge in [-0.1, -0.05) is 22.0 Å². The lowest BCUT2D eigenvalue weighted by atomic mass is 10.3. The van der Waals surface area contributed by atoms with Gasteiger partial charge in [0.05, 0.1) is 19.6 Å². The molecule has 0 aromatic heterocycles. The molecule has 1 amide bonds. The molecule has 0 heterocycles. The molecule has 19 heavy (non-hydrogen) atoms. The Morgan fingerprint density at radius 2 is 2.16 bits per heavy atom. The number of aliphatic carboxylic acids is 1. The Bertz CT molecular complexity index is 452. The molecule has 0 aliphatic carbocycles. The fourth-order valence-corrected chi connectivity index (χ4v) is 1.65. The van der Waals surface area contributed by atoms with E-state index in [2.05, 4.69) is 21.2 Å². The van der Waals surface area contributed by atoms with Crippen LogP contribution in [0.3, 0.4) is 0 Å². The van der Waals surface area contributed by atoms with Crippen LogP contribution in [0.1, 0.15) is 6.42 Å². The summed E-state index contributed by atoms with van der Waals surface area (Å²) in [5, 5.41) is 19.6. The molecule has 0 spiro atoms. The highest BCUT2D eigenvalue weighted by molar-refractivity contribution is 9.10. The first-order valence-electron chi connectivity index (χ1n) is 5.54. The molecule has 0 unspecified atom stereocenters. The van der Waals surface area contributed by atoms with Crippen molar-refractivity contribution in [1.82, 2.24) is 5.32 Å². The Balaban J connectivity index is 2.33. The van der Waals surface area contributed by atoms with Gasteiger partial charge in [0.15, 0.2) is 0 Å². The maximum absolute atomic E-state index is 11.4. The Labute approximate surface area is 118 Å². The van der Waals surface area contributed by atoms with Gasteiger partial charge in [-0.2, -0.15) is 0 Å². The second-order valence-electron chi connectivity index (χ2n) is 3.70. The number of ether oxygens (including phenoxy) is 1. The van der Waals surface area contributed by atoms with Crippen LogP contribution in [0.15, 0.2) is 28.7 Å². The summed E-state index contributed by atoms with van der Waals surface area (Å²) in [6.07, 6.45) is 0.0102. The maximum Gasteiger partial charge on any atom is 0.328 e. The number of nitrogens with one attached hydrogen (secondary N) is 1. The molecule has 0 saturated carbocycles. The number of aliphatic hydroxyl groups is 1. The molecular formula is C12H14BrNO5. The average Bonchev–Trinajstić information content (AvgIpc) is 2.35.